The van der Waals surface area contributed by atoms with Gasteiger partial charge in [0.1, 0.15) is 17.2 Å². The Bertz CT molecular complexity index is 969. The molecule has 2 N–H and O–H groups in total. The van der Waals surface area contributed by atoms with E-state index in [0.29, 0.717) is 11.1 Å². The maximum Gasteiger partial charge on any atom is 0.338 e. The van der Waals surface area contributed by atoms with Crippen LogP contribution in [-0.4, -0.2) is 29.0 Å². The first-order valence-corrected chi connectivity index (χ1v) is 7.85. The summed E-state index contributed by atoms with van der Waals surface area (Å²) in [6.45, 7) is 1.99. The molecule has 1 radical (unpaired) electrons. The van der Waals surface area contributed by atoms with Crippen LogP contribution in [0.1, 0.15) is 22.8 Å². The summed E-state index contributed by atoms with van der Waals surface area (Å²) in [6, 6.07) is 15.3. The van der Waals surface area contributed by atoms with Crippen LogP contribution in [0, 0.1) is 0 Å². The minimum atomic E-state index is -0.480. The Kier molecular flexibility index (Phi) is 6.39. The Labute approximate surface area is 161 Å². The second-order valence-corrected chi connectivity index (χ2v) is 5.40. The molecule has 0 fully saturated rings. The third-order valence-corrected chi connectivity index (χ3v) is 3.77. The van der Waals surface area contributed by atoms with Gasteiger partial charge >= 0.3 is 5.97 Å². The fourth-order valence-corrected chi connectivity index (χ4v) is 2.52. The Morgan fingerprint density at radius 3 is 2.58 bits per heavy atom. The first-order valence-electron chi connectivity index (χ1n) is 7.85. The van der Waals surface area contributed by atoms with Crippen molar-refractivity contribution in [2.75, 3.05) is 6.61 Å². The molecule has 5 nitrogen and oxygen atoms in total. The van der Waals surface area contributed by atoms with Crippen LogP contribution < -0.4 is 0 Å². The number of aromatic hydroxyl groups is 2. The number of nitrogens with zero attached hydrogens (tertiary/aromatic N) is 1. The number of phenols is 2. The van der Waals surface area contributed by atoms with Gasteiger partial charge in [-0.15, -0.1) is 0 Å². The van der Waals surface area contributed by atoms with Crippen LogP contribution >= 0.6 is 0 Å². The number of ether oxygens (including phenoxy) is 1. The summed E-state index contributed by atoms with van der Waals surface area (Å²) in [6.07, 6.45) is 1.47. The van der Waals surface area contributed by atoms with Gasteiger partial charge in [-0.25, -0.2) is 4.79 Å². The standard InChI is InChI=1S/C20H17NO4.Cu/c1-2-25-20(24)14-8-10-19(23)17(11-14)21-12-16-15-6-4-3-5-13(15)7-9-18(16)22;/h3-12,22-23H,2H2,1H3;. The van der Waals surface area contributed by atoms with Gasteiger partial charge in [-0.05, 0) is 42.0 Å². The molecular weight excluding hydrogens is 382 g/mol. The van der Waals surface area contributed by atoms with Crippen molar-refractivity contribution in [3.8, 4) is 11.5 Å². The van der Waals surface area contributed by atoms with E-state index in [1.807, 2.05) is 30.3 Å². The molecule has 0 heterocycles. The number of carbonyl (C=O) groups is 1. The van der Waals surface area contributed by atoms with Gasteiger partial charge in [0.05, 0.1) is 12.2 Å². The van der Waals surface area contributed by atoms with Crippen LogP contribution in [-0.2, 0) is 21.8 Å². The van der Waals surface area contributed by atoms with Crippen molar-refractivity contribution in [3.05, 3.63) is 65.7 Å². The molecule has 0 aliphatic carbocycles. The average Bonchev–Trinajstić information content (AvgIpc) is 2.62. The number of phenolic OH excluding ortho intramolecular Hbond substituents is 2. The van der Waals surface area contributed by atoms with Gasteiger partial charge < -0.3 is 14.9 Å². The smallest absolute Gasteiger partial charge is 0.338 e. The molecule has 0 saturated carbocycles. The predicted molar refractivity (Wildman–Crippen MR) is 96.9 cm³/mol. The zero-order valence-corrected chi connectivity index (χ0v) is 14.9. The Hall–Kier alpha value is -2.82. The van der Waals surface area contributed by atoms with Gasteiger partial charge in [0.15, 0.2) is 0 Å². The SMILES string of the molecule is CCOC(=O)c1ccc(O)c(N=Cc2c(O)ccc3ccccc23)c1.[Cu]. The van der Waals surface area contributed by atoms with Crippen molar-refractivity contribution >= 4 is 28.6 Å². The quantitative estimate of drug-likeness (QED) is 0.392. The Morgan fingerprint density at radius 2 is 1.81 bits per heavy atom. The first-order chi connectivity index (χ1) is 12.1. The second kappa shape index (κ2) is 8.52. The largest absolute Gasteiger partial charge is 0.507 e. The van der Waals surface area contributed by atoms with Crippen molar-refractivity contribution in [1.29, 1.82) is 0 Å². The number of fused-ring (bicyclic) bond motifs is 1. The molecule has 3 rings (SSSR count). The number of aliphatic imine (C=N–C) groups is 1. The molecule has 0 bridgehead atoms. The molecule has 26 heavy (non-hydrogen) atoms. The minimum Gasteiger partial charge on any atom is -0.507 e. The molecule has 6 heteroatoms. The summed E-state index contributed by atoms with van der Waals surface area (Å²) in [7, 11) is 0. The molecule has 0 aliphatic rings. The maximum absolute atomic E-state index is 11.8. The molecular formula is C20H17CuNO4. The molecule has 0 aliphatic heterocycles. The fraction of sp³-hybridized carbons (Fsp3) is 0.100. The summed E-state index contributed by atoms with van der Waals surface area (Å²) in [5.74, 6) is -0.459. The van der Waals surface area contributed by atoms with Crippen LogP contribution in [0.4, 0.5) is 5.69 Å². The third-order valence-electron chi connectivity index (χ3n) is 3.77. The Balaban J connectivity index is 0.00000243. The van der Waals surface area contributed by atoms with Crippen LogP contribution in [0.2, 0.25) is 0 Å². The van der Waals surface area contributed by atoms with E-state index in [9.17, 15) is 15.0 Å². The first kappa shape index (κ1) is 19.5. The van der Waals surface area contributed by atoms with Crippen molar-refractivity contribution in [2.24, 2.45) is 4.99 Å². The van der Waals surface area contributed by atoms with Crippen LogP contribution in [0.25, 0.3) is 10.8 Å². The van der Waals surface area contributed by atoms with Crippen molar-refractivity contribution < 1.29 is 36.8 Å². The zero-order chi connectivity index (χ0) is 17.8. The predicted octanol–water partition coefficient (Wildman–Crippen LogP) is 4.18. The molecule has 0 atom stereocenters. The van der Waals surface area contributed by atoms with Gasteiger partial charge in [0.25, 0.3) is 0 Å². The fourth-order valence-electron chi connectivity index (χ4n) is 2.52. The molecule has 137 valence electrons. The topological polar surface area (TPSA) is 79.1 Å². The molecule has 3 aromatic rings. The molecule has 3 aromatic carbocycles. The van der Waals surface area contributed by atoms with Crippen LogP contribution in [0.5, 0.6) is 11.5 Å². The minimum absolute atomic E-state index is 0. The van der Waals surface area contributed by atoms with Gasteiger partial charge in [-0.3, -0.25) is 4.99 Å². The van der Waals surface area contributed by atoms with Crippen LogP contribution in [0.3, 0.4) is 0 Å². The van der Waals surface area contributed by atoms with E-state index < -0.39 is 5.97 Å². The maximum atomic E-state index is 11.8. The normalized spacial score (nSPS) is 10.7. The number of benzene rings is 3. The van der Waals surface area contributed by atoms with Gasteiger partial charge in [0, 0.05) is 28.8 Å². The van der Waals surface area contributed by atoms with E-state index in [-0.39, 0.29) is 40.9 Å². The van der Waals surface area contributed by atoms with Gasteiger partial charge in [-0.2, -0.15) is 0 Å². The van der Waals surface area contributed by atoms with Gasteiger partial charge in [-0.1, -0.05) is 30.3 Å². The third kappa shape index (κ3) is 4.04. The van der Waals surface area contributed by atoms with Crippen molar-refractivity contribution in [1.82, 2.24) is 0 Å². The van der Waals surface area contributed by atoms with E-state index in [4.69, 9.17) is 4.74 Å². The Morgan fingerprint density at radius 1 is 1.08 bits per heavy atom. The van der Waals surface area contributed by atoms with Crippen LogP contribution in [0.15, 0.2) is 59.6 Å². The number of rotatable bonds is 4. The van der Waals surface area contributed by atoms with Crippen molar-refractivity contribution in [2.45, 2.75) is 6.92 Å². The second-order valence-electron chi connectivity index (χ2n) is 5.40. The van der Waals surface area contributed by atoms with E-state index in [2.05, 4.69) is 4.99 Å². The molecule has 0 amide bonds. The summed E-state index contributed by atoms with van der Waals surface area (Å²) >= 11 is 0. The molecule has 0 saturated heterocycles. The monoisotopic (exact) mass is 398 g/mol. The van der Waals surface area contributed by atoms with Gasteiger partial charge in [0.2, 0.25) is 0 Å². The number of esters is 1. The van der Waals surface area contributed by atoms with Crippen molar-refractivity contribution in [3.63, 3.8) is 0 Å². The molecule has 0 aromatic heterocycles. The van der Waals surface area contributed by atoms with E-state index >= 15 is 0 Å². The number of carbonyl (C=O) groups excluding carboxylic acids is 1. The van der Waals surface area contributed by atoms with E-state index in [1.54, 1.807) is 13.0 Å². The summed E-state index contributed by atoms with van der Waals surface area (Å²) in [5.41, 5.74) is 1.06. The average molecular weight is 399 g/mol. The molecule has 0 unspecified atom stereocenters. The number of hydrogen-bond donors (Lipinski definition) is 2. The van der Waals surface area contributed by atoms with E-state index in [1.165, 1.54) is 24.4 Å². The van der Waals surface area contributed by atoms with E-state index in [0.717, 1.165) is 10.8 Å². The summed E-state index contributed by atoms with van der Waals surface area (Å²) < 4.78 is 4.95. The number of hydrogen-bond acceptors (Lipinski definition) is 5. The zero-order valence-electron chi connectivity index (χ0n) is 13.9. The summed E-state index contributed by atoms with van der Waals surface area (Å²) in [4.78, 5) is 16.1. The molecule has 0 spiro atoms. The summed E-state index contributed by atoms with van der Waals surface area (Å²) in [5, 5.41) is 21.9.